The van der Waals surface area contributed by atoms with Crippen molar-refractivity contribution >= 4 is 38.6 Å². The summed E-state index contributed by atoms with van der Waals surface area (Å²) in [6, 6.07) is 3.98. The Hall–Kier alpha value is -2.25. The van der Waals surface area contributed by atoms with Crippen molar-refractivity contribution in [3.8, 4) is 11.4 Å². The lowest BCUT2D eigenvalue weighted by atomic mass is 10.3. The van der Waals surface area contributed by atoms with Gasteiger partial charge in [-0.05, 0) is 25.5 Å². The maximum absolute atomic E-state index is 4.67. The summed E-state index contributed by atoms with van der Waals surface area (Å²) in [4.78, 5) is 14.6. The molecule has 4 rings (SSSR count). The number of nitrogens with one attached hydrogen (secondary N) is 1. The zero-order valence-corrected chi connectivity index (χ0v) is 13.7. The molecule has 110 valence electrons. The molecular weight excluding hydrogens is 314 g/mol. The third kappa shape index (κ3) is 2.28. The van der Waals surface area contributed by atoms with Crippen LogP contribution in [0.5, 0.6) is 0 Å². The summed E-state index contributed by atoms with van der Waals surface area (Å²) in [6.07, 6.45) is 3.87. The molecule has 0 amide bonds. The standard InChI is InChI=1S/C15H13N5S2/c1-9-3-4-12(16-7-9)19-14-18-11(8-22-14)13-10(2)17-15-20(13)5-6-21-15/h3-8H,1-2H3,(H,16,18,19). The molecule has 0 radical (unpaired) electrons. The van der Waals surface area contributed by atoms with Gasteiger partial charge in [-0.25, -0.2) is 15.0 Å². The van der Waals surface area contributed by atoms with E-state index in [9.17, 15) is 0 Å². The number of aryl methyl sites for hydroxylation is 2. The third-order valence-corrected chi connectivity index (χ3v) is 4.84. The number of pyridine rings is 1. The zero-order valence-electron chi connectivity index (χ0n) is 12.1. The highest BCUT2D eigenvalue weighted by Crippen LogP contribution is 2.30. The van der Waals surface area contributed by atoms with E-state index in [1.165, 1.54) is 0 Å². The predicted octanol–water partition coefficient (Wildman–Crippen LogP) is 4.27. The minimum absolute atomic E-state index is 0.803. The van der Waals surface area contributed by atoms with Crippen molar-refractivity contribution < 1.29 is 0 Å². The molecule has 0 atom stereocenters. The highest BCUT2D eigenvalue weighted by atomic mass is 32.1. The zero-order chi connectivity index (χ0) is 15.1. The molecule has 0 aromatic carbocycles. The van der Waals surface area contributed by atoms with E-state index in [4.69, 9.17) is 0 Å². The molecule has 4 aromatic rings. The highest BCUT2D eigenvalue weighted by molar-refractivity contribution is 7.15. The lowest BCUT2D eigenvalue weighted by Crippen LogP contribution is -1.93. The number of anilines is 2. The monoisotopic (exact) mass is 327 g/mol. The summed E-state index contributed by atoms with van der Waals surface area (Å²) in [5.74, 6) is 0.803. The lowest BCUT2D eigenvalue weighted by molar-refractivity contribution is 1.20. The van der Waals surface area contributed by atoms with Gasteiger partial charge in [0.1, 0.15) is 11.5 Å². The van der Waals surface area contributed by atoms with Gasteiger partial charge < -0.3 is 5.32 Å². The summed E-state index contributed by atoms with van der Waals surface area (Å²) in [5.41, 5.74) is 4.12. The Morgan fingerprint density at radius 1 is 1.14 bits per heavy atom. The molecule has 5 nitrogen and oxygen atoms in total. The first-order chi connectivity index (χ1) is 10.7. The van der Waals surface area contributed by atoms with Gasteiger partial charge in [-0.2, -0.15) is 0 Å². The van der Waals surface area contributed by atoms with Crippen molar-refractivity contribution in [3.05, 3.63) is 46.5 Å². The first-order valence-electron chi connectivity index (χ1n) is 6.78. The van der Waals surface area contributed by atoms with Crippen molar-refractivity contribution in [1.82, 2.24) is 19.4 Å². The number of hydrogen-bond donors (Lipinski definition) is 1. The van der Waals surface area contributed by atoms with Crippen molar-refractivity contribution in [2.24, 2.45) is 0 Å². The number of imidazole rings is 1. The molecular formula is C15H13N5S2. The van der Waals surface area contributed by atoms with Crippen LogP contribution in [0.3, 0.4) is 0 Å². The normalized spacial score (nSPS) is 11.2. The van der Waals surface area contributed by atoms with Crippen LogP contribution in [-0.2, 0) is 0 Å². The van der Waals surface area contributed by atoms with Gasteiger partial charge in [0, 0.05) is 23.2 Å². The Labute approximate surface area is 135 Å². The molecule has 0 spiro atoms. The Morgan fingerprint density at radius 2 is 2.05 bits per heavy atom. The number of fused-ring (bicyclic) bond motifs is 1. The molecule has 0 aliphatic heterocycles. The molecule has 0 fully saturated rings. The van der Waals surface area contributed by atoms with Crippen molar-refractivity contribution in [3.63, 3.8) is 0 Å². The van der Waals surface area contributed by atoms with Gasteiger partial charge in [0.25, 0.3) is 0 Å². The first kappa shape index (κ1) is 13.4. The largest absolute Gasteiger partial charge is 0.316 e. The number of rotatable bonds is 3. The molecule has 22 heavy (non-hydrogen) atoms. The summed E-state index contributed by atoms with van der Waals surface area (Å²) in [7, 11) is 0. The fourth-order valence-electron chi connectivity index (χ4n) is 2.29. The van der Waals surface area contributed by atoms with Gasteiger partial charge in [-0.1, -0.05) is 6.07 Å². The van der Waals surface area contributed by atoms with E-state index < -0.39 is 0 Å². The van der Waals surface area contributed by atoms with E-state index in [0.29, 0.717) is 0 Å². The predicted molar refractivity (Wildman–Crippen MR) is 91.2 cm³/mol. The molecule has 7 heteroatoms. The van der Waals surface area contributed by atoms with E-state index >= 15 is 0 Å². The Morgan fingerprint density at radius 3 is 2.86 bits per heavy atom. The van der Waals surface area contributed by atoms with Crippen LogP contribution < -0.4 is 5.32 Å². The van der Waals surface area contributed by atoms with Crippen molar-refractivity contribution in [1.29, 1.82) is 0 Å². The maximum Gasteiger partial charge on any atom is 0.194 e. The van der Waals surface area contributed by atoms with Gasteiger partial charge in [0.05, 0.1) is 11.4 Å². The fraction of sp³-hybridized carbons (Fsp3) is 0.133. The topological polar surface area (TPSA) is 55.1 Å². The van der Waals surface area contributed by atoms with Crippen LogP contribution in [0.25, 0.3) is 16.3 Å². The summed E-state index contributed by atoms with van der Waals surface area (Å²) < 4.78 is 2.09. The van der Waals surface area contributed by atoms with Crippen LogP contribution in [-0.4, -0.2) is 19.4 Å². The van der Waals surface area contributed by atoms with Crippen LogP contribution in [0.2, 0.25) is 0 Å². The molecule has 1 N–H and O–H groups in total. The second-order valence-electron chi connectivity index (χ2n) is 4.99. The van der Waals surface area contributed by atoms with Gasteiger partial charge in [-0.15, -0.1) is 22.7 Å². The molecule has 0 unspecified atom stereocenters. The molecule has 0 saturated carbocycles. The van der Waals surface area contributed by atoms with Crippen LogP contribution in [0.1, 0.15) is 11.3 Å². The average molecular weight is 327 g/mol. The molecule has 4 heterocycles. The van der Waals surface area contributed by atoms with Crippen LogP contribution in [0.4, 0.5) is 10.9 Å². The Bertz CT molecular complexity index is 933. The highest BCUT2D eigenvalue weighted by Gasteiger charge is 2.15. The van der Waals surface area contributed by atoms with Crippen LogP contribution in [0, 0.1) is 13.8 Å². The SMILES string of the molecule is Cc1ccc(Nc2nc(-c3c(C)nc4sccn34)cs2)nc1. The Kier molecular flexibility index (Phi) is 3.16. The Balaban J connectivity index is 1.67. The molecule has 0 aliphatic rings. The van der Waals surface area contributed by atoms with E-state index in [1.807, 2.05) is 49.1 Å². The maximum atomic E-state index is 4.67. The first-order valence-corrected chi connectivity index (χ1v) is 8.54. The number of thiazole rings is 2. The van der Waals surface area contributed by atoms with Crippen LogP contribution >= 0.6 is 22.7 Å². The lowest BCUT2D eigenvalue weighted by Gasteiger charge is -2.01. The molecule has 0 aliphatic carbocycles. The number of hydrogen-bond acceptors (Lipinski definition) is 6. The third-order valence-electron chi connectivity index (χ3n) is 3.33. The van der Waals surface area contributed by atoms with E-state index in [-0.39, 0.29) is 0 Å². The molecule has 0 bridgehead atoms. The van der Waals surface area contributed by atoms with E-state index in [1.54, 1.807) is 22.7 Å². The minimum Gasteiger partial charge on any atom is -0.316 e. The van der Waals surface area contributed by atoms with Gasteiger partial charge in [0.2, 0.25) is 0 Å². The number of nitrogens with zero attached hydrogens (tertiary/aromatic N) is 4. The summed E-state index contributed by atoms with van der Waals surface area (Å²) >= 11 is 3.20. The van der Waals surface area contributed by atoms with Crippen molar-refractivity contribution in [2.45, 2.75) is 13.8 Å². The second-order valence-corrected chi connectivity index (χ2v) is 6.72. The van der Waals surface area contributed by atoms with Gasteiger partial charge in [-0.3, -0.25) is 4.40 Å². The average Bonchev–Trinajstić information content (AvgIpc) is 3.17. The van der Waals surface area contributed by atoms with Gasteiger partial charge in [0.15, 0.2) is 10.1 Å². The minimum atomic E-state index is 0.803. The fourth-order valence-corrected chi connectivity index (χ4v) is 3.76. The van der Waals surface area contributed by atoms with Gasteiger partial charge >= 0.3 is 0 Å². The number of aromatic nitrogens is 4. The smallest absolute Gasteiger partial charge is 0.194 e. The molecule has 4 aromatic heterocycles. The summed E-state index contributed by atoms with van der Waals surface area (Å²) in [6.45, 7) is 4.04. The molecule has 0 saturated heterocycles. The quantitative estimate of drug-likeness (QED) is 0.610. The van der Waals surface area contributed by atoms with Crippen LogP contribution in [0.15, 0.2) is 35.3 Å². The summed E-state index contributed by atoms with van der Waals surface area (Å²) in [5, 5.41) is 8.15. The van der Waals surface area contributed by atoms with E-state index in [0.717, 1.165) is 38.6 Å². The van der Waals surface area contributed by atoms with E-state index in [2.05, 4.69) is 24.7 Å². The second kappa shape index (κ2) is 5.19. The van der Waals surface area contributed by atoms with Crippen molar-refractivity contribution in [2.75, 3.05) is 5.32 Å².